The Labute approximate surface area is 227 Å². The molecule has 0 radical (unpaired) electrons. The lowest BCUT2D eigenvalue weighted by Crippen LogP contribution is -2.34. The second-order valence-corrected chi connectivity index (χ2v) is 11.2. The Bertz CT molecular complexity index is 1340. The predicted molar refractivity (Wildman–Crippen MR) is 142 cm³/mol. The fourth-order valence-corrected chi connectivity index (χ4v) is 5.23. The van der Waals surface area contributed by atoms with Gasteiger partial charge in [-0.05, 0) is 39.8 Å². The average Bonchev–Trinajstić information content (AvgIpc) is 3.33. The van der Waals surface area contributed by atoms with E-state index in [0.717, 1.165) is 0 Å². The lowest BCUT2D eigenvalue weighted by Gasteiger charge is -2.27. The van der Waals surface area contributed by atoms with Crippen molar-refractivity contribution in [2.24, 2.45) is 0 Å². The molecule has 3 heterocycles. The third-order valence-corrected chi connectivity index (χ3v) is 7.77. The largest absolute Gasteiger partial charge is 0.494 e. The van der Waals surface area contributed by atoms with Gasteiger partial charge in [-0.15, -0.1) is 10.2 Å². The highest BCUT2D eigenvalue weighted by atomic mass is 32.2. The number of para-hydroxylation sites is 1. The minimum atomic E-state index is -4.12. The van der Waals surface area contributed by atoms with Crippen LogP contribution in [0.25, 0.3) is 5.69 Å². The van der Waals surface area contributed by atoms with Crippen LogP contribution in [0.5, 0.6) is 11.5 Å². The zero-order chi connectivity index (χ0) is 28.2. The second-order valence-electron chi connectivity index (χ2n) is 9.20. The molecule has 1 aromatic carbocycles. The first-order valence-electron chi connectivity index (χ1n) is 12.5. The molecule has 0 aliphatic carbocycles. The van der Waals surface area contributed by atoms with E-state index in [2.05, 4.69) is 24.9 Å². The van der Waals surface area contributed by atoms with E-state index in [1.165, 1.54) is 25.0 Å². The van der Waals surface area contributed by atoms with Crippen molar-refractivity contribution in [2.75, 3.05) is 38.8 Å². The predicted octanol–water partition coefficient (Wildman–Crippen LogP) is 2.77. The first kappa shape index (κ1) is 28.7. The topological polar surface area (TPSA) is 149 Å². The number of aryl methyl sites for hydroxylation is 1. The number of rotatable bonds is 11. The van der Waals surface area contributed by atoms with Crippen LogP contribution in [-0.4, -0.2) is 78.5 Å². The molecule has 212 valence electrons. The summed E-state index contributed by atoms with van der Waals surface area (Å²) in [5.41, 5.74) is 1.51. The maximum absolute atomic E-state index is 13.8. The third kappa shape index (κ3) is 6.30. The smallest absolute Gasteiger partial charge is 0.243 e. The van der Waals surface area contributed by atoms with Crippen LogP contribution in [0.1, 0.15) is 50.2 Å². The van der Waals surface area contributed by atoms with Crippen molar-refractivity contribution in [1.82, 2.24) is 24.7 Å². The summed E-state index contributed by atoms with van der Waals surface area (Å²) in [6.45, 7) is 8.00. The van der Waals surface area contributed by atoms with E-state index in [4.69, 9.17) is 23.7 Å². The van der Waals surface area contributed by atoms with Gasteiger partial charge in [-0.25, -0.2) is 8.42 Å². The highest BCUT2D eigenvalue weighted by Crippen LogP contribution is 2.38. The lowest BCUT2D eigenvalue weighted by atomic mass is 10.2. The van der Waals surface area contributed by atoms with Gasteiger partial charge in [0, 0.05) is 6.20 Å². The van der Waals surface area contributed by atoms with E-state index in [0.29, 0.717) is 47.6 Å². The summed E-state index contributed by atoms with van der Waals surface area (Å²) in [6.07, 6.45) is 1.32. The van der Waals surface area contributed by atoms with Gasteiger partial charge in [0.05, 0.1) is 57.7 Å². The summed E-state index contributed by atoms with van der Waals surface area (Å²) in [4.78, 5) is 8.64. The monoisotopic (exact) mass is 562 g/mol. The molecule has 13 nitrogen and oxygen atoms in total. The number of sulfonamides is 1. The molecule has 1 fully saturated rings. The molecule has 2 aromatic heterocycles. The maximum Gasteiger partial charge on any atom is 0.243 e. The van der Waals surface area contributed by atoms with Gasteiger partial charge in [0.25, 0.3) is 0 Å². The van der Waals surface area contributed by atoms with Crippen LogP contribution in [0.2, 0.25) is 0 Å². The van der Waals surface area contributed by atoms with Crippen LogP contribution in [-0.2, 0) is 24.2 Å². The van der Waals surface area contributed by atoms with Crippen LogP contribution in [0.4, 0.5) is 5.95 Å². The van der Waals surface area contributed by atoms with Gasteiger partial charge >= 0.3 is 0 Å². The van der Waals surface area contributed by atoms with E-state index in [1.54, 1.807) is 38.2 Å². The normalized spacial score (nSPS) is 17.6. The van der Waals surface area contributed by atoms with E-state index in [9.17, 15) is 8.42 Å². The van der Waals surface area contributed by atoms with Gasteiger partial charge in [0.1, 0.15) is 34.6 Å². The summed E-state index contributed by atoms with van der Waals surface area (Å²) in [5.74, 6) is 1.07. The molecule has 1 aliphatic heterocycles. The SMILES string of the molecule is COc1cccc(OC)c1-n1c(NS(=O)(=O)[C@H](C)[C@H](OC(C)C)c2cnc(C)cn2)nnc1[C@@H]1COCCO1. The van der Waals surface area contributed by atoms with Gasteiger partial charge in [0.2, 0.25) is 16.0 Å². The van der Waals surface area contributed by atoms with Gasteiger partial charge in [-0.1, -0.05) is 6.07 Å². The number of hydrogen-bond donors (Lipinski definition) is 1. The quantitative estimate of drug-likeness (QED) is 0.368. The fourth-order valence-electron chi connectivity index (χ4n) is 4.13. The summed E-state index contributed by atoms with van der Waals surface area (Å²) in [5, 5.41) is 7.40. The maximum atomic E-state index is 13.8. The number of benzene rings is 1. The minimum Gasteiger partial charge on any atom is -0.494 e. The first-order chi connectivity index (χ1) is 18.7. The summed E-state index contributed by atoms with van der Waals surface area (Å²) in [6, 6.07) is 5.21. The Hall–Kier alpha value is -3.33. The van der Waals surface area contributed by atoms with Crippen molar-refractivity contribution < 1.29 is 32.1 Å². The van der Waals surface area contributed by atoms with Crippen LogP contribution in [0.15, 0.2) is 30.6 Å². The Kier molecular flexibility index (Phi) is 9.00. The van der Waals surface area contributed by atoms with Crippen LogP contribution in [0.3, 0.4) is 0 Å². The average molecular weight is 563 g/mol. The number of anilines is 1. The zero-order valence-electron chi connectivity index (χ0n) is 22.8. The molecule has 3 atom stereocenters. The zero-order valence-corrected chi connectivity index (χ0v) is 23.6. The second kappa shape index (κ2) is 12.2. The molecule has 1 N–H and O–H groups in total. The molecule has 39 heavy (non-hydrogen) atoms. The van der Waals surface area contributed by atoms with Gasteiger partial charge in [0.15, 0.2) is 5.82 Å². The Morgan fingerprint density at radius 1 is 1.05 bits per heavy atom. The number of ether oxygens (including phenoxy) is 5. The molecule has 0 spiro atoms. The molecule has 14 heteroatoms. The summed E-state index contributed by atoms with van der Waals surface area (Å²) >= 11 is 0. The molecule has 1 saturated heterocycles. The third-order valence-electron chi connectivity index (χ3n) is 6.08. The molecule has 0 amide bonds. The standard InChI is InChI=1S/C25H34N6O7S/c1-15(2)38-23(18-13-26-16(3)12-27-18)17(4)39(32,33)30-25-29-28-24(21-14-36-10-11-37-21)31(25)22-19(34-5)8-7-9-20(22)35-6/h7-9,12-13,15,17,21,23H,10-11,14H2,1-6H3,(H,29,30)/t17-,21+,23+/m1/s1. The van der Waals surface area contributed by atoms with Crippen molar-refractivity contribution in [3.05, 3.63) is 47.8 Å². The highest BCUT2D eigenvalue weighted by molar-refractivity contribution is 7.93. The van der Waals surface area contributed by atoms with Crippen LogP contribution >= 0.6 is 0 Å². The molecule has 3 aromatic rings. The highest BCUT2D eigenvalue weighted by Gasteiger charge is 2.36. The molecule has 0 unspecified atom stereocenters. The Balaban J connectivity index is 1.79. The number of nitrogens with one attached hydrogen (secondary N) is 1. The number of nitrogens with zero attached hydrogens (tertiary/aromatic N) is 5. The van der Waals surface area contributed by atoms with Crippen LogP contribution < -0.4 is 14.2 Å². The number of hydrogen-bond acceptors (Lipinski definition) is 11. The van der Waals surface area contributed by atoms with E-state index in [1.807, 2.05) is 13.8 Å². The molecule has 0 saturated carbocycles. The van der Waals surface area contributed by atoms with Crippen molar-refractivity contribution in [2.45, 2.75) is 51.3 Å². The van der Waals surface area contributed by atoms with E-state index in [-0.39, 0.29) is 18.7 Å². The van der Waals surface area contributed by atoms with Crippen molar-refractivity contribution in [3.8, 4) is 17.2 Å². The summed E-state index contributed by atoms with van der Waals surface area (Å²) in [7, 11) is -1.11. The molecular weight excluding hydrogens is 528 g/mol. The number of methoxy groups -OCH3 is 2. The van der Waals surface area contributed by atoms with Crippen LogP contribution in [0, 0.1) is 6.92 Å². The molecule has 1 aliphatic rings. The van der Waals surface area contributed by atoms with Gasteiger partial charge in [-0.3, -0.25) is 19.3 Å². The van der Waals surface area contributed by atoms with Crippen molar-refractivity contribution in [3.63, 3.8) is 0 Å². The molecule has 0 bridgehead atoms. The van der Waals surface area contributed by atoms with Crippen molar-refractivity contribution >= 4 is 16.0 Å². The van der Waals surface area contributed by atoms with Crippen molar-refractivity contribution in [1.29, 1.82) is 0 Å². The minimum absolute atomic E-state index is 0.0767. The molecular formula is C25H34N6O7S. The van der Waals surface area contributed by atoms with Gasteiger partial charge in [-0.2, -0.15) is 0 Å². The molecule has 4 rings (SSSR count). The van der Waals surface area contributed by atoms with E-state index >= 15 is 0 Å². The van der Waals surface area contributed by atoms with Gasteiger partial charge < -0.3 is 23.7 Å². The fraction of sp³-hybridized carbons (Fsp3) is 0.520. The Morgan fingerprint density at radius 2 is 1.77 bits per heavy atom. The van der Waals surface area contributed by atoms with E-state index < -0.39 is 27.5 Å². The first-order valence-corrected chi connectivity index (χ1v) is 14.0. The Morgan fingerprint density at radius 3 is 2.33 bits per heavy atom. The number of aromatic nitrogens is 5. The lowest BCUT2D eigenvalue weighted by molar-refractivity contribution is -0.0941. The summed E-state index contributed by atoms with van der Waals surface area (Å²) < 4.78 is 60.4.